The summed E-state index contributed by atoms with van der Waals surface area (Å²) in [5.41, 5.74) is 1.18. The van der Waals surface area contributed by atoms with E-state index in [1.54, 1.807) is 7.11 Å². The van der Waals surface area contributed by atoms with Crippen LogP contribution in [0.2, 0.25) is 0 Å². The van der Waals surface area contributed by atoms with Gasteiger partial charge in [-0.3, -0.25) is 0 Å². The van der Waals surface area contributed by atoms with E-state index in [0.717, 1.165) is 12.2 Å². The van der Waals surface area contributed by atoms with Crippen LogP contribution in [0.15, 0.2) is 24.3 Å². The Morgan fingerprint density at radius 2 is 1.48 bits per heavy atom. The smallest absolute Gasteiger partial charge is 0.118 e. The van der Waals surface area contributed by atoms with Gasteiger partial charge in [-0.1, -0.05) is 82.8 Å². The van der Waals surface area contributed by atoms with Crippen molar-refractivity contribution in [3.8, 4) is 17.6 Å². The molecule has 1 aromatic rings. The molecule has 0 amide bonds. The number of hydrogen-bond donors (Lipinski definition) is 0. The number of benzene rings is 1. The summed E-state index contributed by atoms with van der Waals surface area (Å²) in [7, 11) is 1.69. The molecule has 27 heavy (non-hydrogen) atoms. The van der Waals surface area contributed by atoms with Gasteiger partial charge in [0.1, 0.15) is 5.75 Å². The van der Waals surface area contributed by atoms with Crippen molar-refractivity contribution in [1.29, 1.82) is 0 Å². The normalized spacial score (nSPS) is 12.9. The zero-order chi connectivity index (χ0) is 19.7. The van der Waals surface area contributed by atoms with Crippen molar-refractivity contribution < 1.29 is 9.47 Å². The average Bonchev–Trinajstić information content (AvgIpc) is 2.69. The van der Waals surface area contributed by atoms with Gasteiger partial charge in [0, 0.05) is 5.92 Å². The molecule has 0 aliphatic rings. The summed E-state index contributed by atoms with van der Waals surface area (Å²) in [6.45, 7) is 7.01. The summed E-state index contributed by atoms with van der Waals surface area (Å²) in [4.78, 5) is 0. The highest BCUT2D eigenvalue weighted by molar-refractivity contribution is 5.26. The van der Waals surface area contributed by atoms with Crippen molar-refractivity contribution in [3.05, 3.63) is 29.8 Å². The monoisotopic (exact) mass is 372 g/mol. The molecule has 0 saturated carbocycles. The van der Waals surface area contributed by atoms with Crippen molar-refractivity contribution in [2.75, 3.05) is 7.11 Å². The topological polar surface area (TPSA) is 18.5 Å². The lowest BCUT2D eigenvalue weighted by Gasteiger charge is -2.21. The van der Waals surface area contributed by atoms with Gasteiger partial charge in [0.2, 0.25) is 0 Å². The van der Waals surface area contributed by atoms with E-state index in [2.05, 4.69) is 37.8 Å². The van der Waals surface area contributed by atoms with E-state index in [1.165, 1.54) is 63.4 Å². The molecule has 0 bridgehead atoms. The first-order valence-corrected chi connectivity index (χ1v) is 10.9. The molecule has 0 saturated heterocycles. The first kappa shape index (κ1) is 23.6. The Hall–Kier alpha value is -1.46. The molecular weight excluding hydrogens is 332 g/mol. The summed E-state index contributed by atoms with van der Waals surface area (Å²) >= 11 is 0. The van der Waals surface area contributed by atoms with Gasteiger partial charge in [0.25, 0.3) is 0 Å². The van der Waals surface area contributed by atoms with E-state index in [9.17, 15) is 0 Å². The maximum Gasteiger partial charge on any atom is 0.118 e. The lowest BCUT2D eigenvalue weighted by Crippen LogP contribution is -2.21. The lowest BCUT2D eigenvalue weighted by atomic mass is 9.98. The van der Waals surface area contributed by atoms with Gasteiger partial charge in [-0.15, -0.1) is 5.92 Å². The first-order valence-electron chi connectivity index (χ1n) is 10.9. The predicted octanol–water partition coefficient (Wildman–Crippen LogP) is 7.16. The quantitative estimate of drug-likeness (QED) is 0.240. The Kier molecular flexibility index (Phi) is 13.6. The lowest BCUT2D eigenvalue weighted by molar-refractivity contribution is 0.0131. The molecular formula is C25H40O2. The minimum Gasteiger partial charge on any atom is -0.497 e. The molecule has 0 N–H and O–H groups in total. The van der Waals surface area contributed by atoms with Crippen molar-refractivity contribution in [1.82, 2.24) is 0 Å². The molecule has 0 aliphatic heterocycles. The number of unbranched alkanes of at least 4 members (excludes halogenated alkanes) is 8. The van der Waals surface area contributed by atoms with Crippen molar-refractivity contribution >= 4 is 0 Å². The third-order valence-corrected chi connectivity index (χ3v) is 5.15. The molecule has 152 valence electrons. The fourth-order valence-electron chi connectivity index (χ4n) is 3.38. The predicted molar refractivity (Wildman–Crippen MR) is 116 cm³/mol. The maximum atomic E-state index is 6.24. The molecule has 0 aromatic heterocycles. The second-order valence-corrected chi connectivity index (χ2v) is 7.50. The average molecular weight is 373 g/mol. The van der Waals surface area contributed by atoms with Gasteiger partial charge in [0.05, 0.1) is 19.8 Å². The number of rotatable bonds is 15. The first-order chi connectivity index (χ1) is 13.2. The van der Waals surface area contributed by atoms with E-state index < -0.39 is 0 Å². The highest BCUT2D eigenvalue weighted by Crippen LogP contribution is 2.19. The third-order valence-electron chi connectivity index (χ3n) is 5.15. The molecule has 0 radical (unpaired) electrons. The molecule has 0 heterocycles. The van der Waals surface area contributed by atoms with Crippen LogP contribution in [0.1, 0.15) is 90.5 Å². The van der Waals surface area contributed by atoms with Gasteiger partial charge in [-0.25, -0.2) is 0 Å². The summed E-state index contributed by atoms with van der Waals surface area (Å²) < 4.78 is 11.5. The second kappa shape index (κ2) is 15.6. The van der Waals surface area contributed by atoms with E-state index in [0.29, 0.717) is 6.61 Å². The number of ether oxygens (including phenoxy) is 2. The molecule has 2 atom stereocenters. The summed E-state index contributed by atoms with van der Waals surface area (Å²) in [6.07, 6.45) is 13.5. The SMILES string of the molecule is CC#C[C@H](C)[C@@H](CCCCCCCCCCC)OCc1ccc(OC)cc1. The van der Waals surface area contributed by atoms with E-state index in [1.807, 2.05) is 19.1 Å². The van der Waals surface area contributed by atoms with Gasteiger partial charge >= 0.3 is 0 Å². The van der Waals surface area contributed by atoms with Crippen LogP contribution in [0, 0.1) is 17.8 Å². The van der Waals surface area contributed by atoms with E-state index in [4.69, 9.17) is 9.47 Å². The van der Waals surface area contributed by atoms with Gasteiger partial charge in [0.15, 0.2) is 0 Å². The minimum atomic E-state index is 0.212. The van der Waals surface area contributed by atoms with Crippen LogP contribution in [0.25, 0.3) is 0 Å². The molecule has 0 aliphatic carbocycles. The minimum absolute atomic E-state index is 0.212. The molecule has 0 spiro atoms. The maximum absolute atomic E-state index is 6.24. The fraction of sp³-hybridized carbons (Fsp3) is 0.680. The van der Waals surface area contributed by atoms with Crippen molar-refractivity contribution in [2.24, 2.45) is 5.92 Å². The molecule has 2 heteroatoms. The Balaban J connectivity index is 2.30. The van der Waals surface area contributed by atoms with Crippen LogP contribution in [0.3, 0.4) is 0 Å². The van der Waals surface area contributed by atoms with Crippen LogP contribution < -0.4 is 4.74 Å². The van der Waals surface area contributed by atoms with E-state index >= 15 is 0 Å². The zero-order valence-electron chi connectivity index (χ0n) is 18.1. The number of methoxy groups -OCH3 is 1. The van der Waals surface area contributed by atoms with Crippen LogP contribution >= 0.6 is 0 Å². The zero-order valence-corrected chi connectivity index (χ0v) is 18.1. The Morgan fingerprint density at radius 3 is 2.04 bits per heavy atom. The van der Waals surface area contributed by atoms with Gasteiger partial charge in [-0.05, 0) is 38.0 Å². The molecule has 0 fully saturated rings. The second-order valence-electron chi connectivity index (χ2n) is 7.50. The molecule has 1 rings (SSSR count). The highest BCUT2D eigenvalue weighted by Gasteiger charge is 2.16. The fourth-order valence-corrected chi connectivity index (χ4v) is 3.38. The Morgan fingerprint density at radius 1 is 0.889 bits per heavy atom. The molecule has 2 nitrogen and oxygen atoms in total. The van der Waals surface area contributed by atoms with E-state index in [-0.39, 0.29) is 12.0 Å². The standard InChI is InChI=1S/C25H40O2/c1-5-7-8-9-10-11-12-13-14-16-25(22(3)15-6-2)27-21-23-17-19-24(26-4)20-18-23/h17-20,22,25H,5,7-14,16,21H2,1-4H3/t22-,25+/m0/s1. The summed E-state index contributed by atoms with van der Waals surface area (Å²) in [6, 6.07) is 8.13. The van der Waals surface area contributed by atoms with Crippen LogP contribution in [0.5, 0.6) is 5.75 Å². The largest absolute Gasteiger partial charge is 0.497 e. The highest BCUT2D eigenvalue weighted by atomic mass is 16.5. The molecule has 1 aromatic carbocycles. The third kappa shape index (κ3) is 11.1. The number of hydrogen-bond acceptors (Lipinski definition) is 2. The Labute approximate surface area is 168 Å². The van der Waals surface area contributed by atoms with Crippen molar-refractivity contribution in [3.63, 3.8) is 0 Å². The van der Waals surface area contributed by atoms with Gasteiger partial charge < -0.3 is 9.47 Å². The molecule has 0 unspecified atom stereocenters. The Bertz CT molecular complexity index is 523. The van der Waals surface area contributed by atoms with Gasteiger partial charge in [-0.2, -0.15) is 0 Å². The van der Waals surface area contributed by atoms with Crippen LogP contribution in [-0.2, 0) is 11.3 Å². The summed E-state index contributed by atoms with van der Waals surface area (Å²) in [5.74, 6) is 7.50. The van der Waals surface area contributed by atoms with Crippen molar-refractivity contribution in [2.45, 2.75) is 97.7 Å². The van der Waals surface area contributed by atoms with Crippen LogP contribution in [-0.4, -0.2) is 13.2 Å². The summed E-state index contributed by atoms with van der Waals surface area (Å²) in [5, 5.41) is 0. The van der Waals surface area contributed by atoms with Crippen LogP contribution in [0.4, 0.5) is 0 Å².